The number of aryl methyl sites for hydroxylation is 1. The molecule has 0 aliphatic heterocycles. The molecule has 0 amide bonds. The van der Waals surface area contributed by atoms with E-state index in [2.05, 4.69) is 37.4 Å². The highest BCUT2D eigenvalue weighted by Gasteiger charge is 2.15. The number of hydrogen-bond donors (Lipinski definition) is 3. The molecule has 0 aliphatic carbocycles. The Hall–Kier alpha value is -2.97. The smallest absolute Gasteiger partial charge is 0.252 e. The van der Waals surface area contributed by atoms with E-state index in [1.807, 2.05) is 32.3 Å². The number of aromatic nitrogens is 4. The molecule has 2 heterocycles. The number of rotatable bonds is 9. The van der Waals surface area contributed by atoms with E-state index in [4.69, 9.17) is 0 Å². The molecule has 3 rings (SSSR count). The predicted molar refractivity (Wildman–Crippen MR) is 113 cm³/mol. The minimum Gasteiger partial charge on any atom is -0.388 e. The standard InChI is InChI=1S/C21H28N6O2/c1-26(2)18(9-15-7-5-4-6-8-15)13-22-21-24-17(11-20(29)25-21)10-19(28)16-12-23-27(3)14-16/h4-8,11-12,14,18-19,28H,9-10,13H2,1-3H3,(H2,22,24,25,29). The van der Waals surface area contributed by atoms with Crippen molar-refractivity contribution in [3.05, 3.63) is 76.0 Å². The largest absolute Gasteiger partial charge is 0.388 e. The van der Waals surface area contributed by atoms with E-state index in [1.165, 1.54) is 11.6 Å². The Bertz CT molecular complexity index is 967. The van der Waals surface area contributed by atoms with Crippen LogP contribution in [0.1, 0.15) is 22.9 Å². The third kappa shape index (κ3) is 6.00. The van der Waals surface area contributed by atoms with Gasteiger partial charge in [-0.2, -0.15) is 5.10 Å². The summed E-state index contributed by atoms with van der Waals surface area (Å²) in [4.78, 5) is 21.4. The lowest BCUT2D eigenvalue weighted by Gasteiger charge is -2.25. The number of nitrogens with zero attached hydrogens (tertiary/aromatic N) is 4. The third-order valence-electron chi connectivity index (χ3n) is 4.86. The maximum Gasteiger partial charge on any atom is 0.252 e. The van der Waals surface area contributed by atoms with Crippen molar-refractivity contribution < 1.29 is 5.11 Å². The molecule has 3 N–H and O–H groups in total. The van der Waals surface area contributed by atoms with Gasteiger partial charge in [0.25, 0.3) is 5.56 Å². The summed E-state index contributed by atoms with van der Waals surface area (Å²) in [5.74, 6) is 0.408. The Kier molecular flexibility index (Phi) is 6.79. The Morgan fingerprint density at radius 3 is 2.66 bits per heavy atom. The summed E-state index contributed by atoms with van der Waals surface area (Å²) in [6, 6.07) is 11.9. The van der Waals surface area contributed by atoms with Gasteiger partial charge in [-0.3, -0.25) is 14.5 Å². The van der Waals surface area contributed by atoms with Crippen molar-refractivity contribution in [3.63, 3.8) is 0 Å². The molecule has 0 spiro atoms. The molecule has 0 radical (unpaired) electrons. The highest BCUT2D eigenvalue weighted by Crippen LogP contribution is 2.16. The zero-order valence-corrected chi connectivity index (χ0v) is 17.0. The number of nitrogens with one attached hydrogen (secondary N) is 2. The van der Waals surface area contributed by atoms with Crippen molar-refractivity contribution in [2.45, 2.75) is 25.0 Å². The summed E-state index contributed by atoms with van der Waals surface area (Å²) in [6.45, 7) is 0.624. The number of likely N-dealkylation sites (N-methyl/N-ethyl adjacent to an activating group) is 1. The van der Waals surface area contributed by atoms with Crippen LogP contribution in [0.5, 0.6) is 0 Å². The summed E-state index contributed by atoms with van der Waals surface area (Å²) in [7, 11) is 5.86. The van der Waals surface area contributed by atoms with Gasteiger partial charge in [0.2, 0.25) is 5.95 Å². The van der Waals surface area contributed by atoms with Crippen LogP contribution in [0.4, 0.5) is 5.95 Å². The molecule has 0 saturated heterocycles. The van der Waals surface area contributed by atoms with Crippen molar-refractivity contribution in [2.24, 2.45) is 7.05 Å². The lowest BCUT2D eigenvalue weighted by molar-refractivity contribution is 0.177. The zero-order chi connectivity index (χ0) is 20.8. The first-order valence-corrected chi connectivity index (χ1v) is 9.62. The first kappa shape index (κ1) is 20.8. The van der Waals surface area contributed by atoms with E-state index in [9.17, 15) is 9.90 Å². The van der Waals surface area contributed by atoms with Crippen molar-refractivity contribution >= 4 is 5.95 Å². The minimum absolute atomic E-state index is 0.229. The van der Waals surface area contributed by atoms with Gasteiger partial charge >= 0.3 is 0 Å². The number of H-pyrrole nitrogens is 1. The fourth-order valence-corrected chi connectivity index (χ4v) is 3.16. The second-order valence-corrected chi connectivity index (χ2v) is 7.44. The normalized spacial score (nSPS) is 13.4. The molecule has 29 heavy (non-hydrogen) atoms. The molecule has 2 atom stereocenters. The van der Waals surface area contributed by atoms with Crippen LogP contribution in [0, 0.1) is 0 Å². The van der Waals surface area contributed by atoms with Crippen LogP contribution in [0.25, 0.3) is 0 Å². The molecular weight excluding hydrogens is 368 g/mol. The maximum absolute atomic E-state index is 12.1. The average molecular weight is 396 g/mol. The number of aromatic amines is 1. The van der Waals surface area contributed by atoms with Gasteiger partial charge < -0.3 is 15.3 Å². The molecule has 0 saturated carbocycles. The second kappa shape index (κ2) is 9.49. The molecule has 0 aliphatic rings. The number of aliphatic hydroxyl groups is 1. The van der Waals surface area contributed by atoms with E-state index in [1.54, 1.807) is 24.1 Å². The number of anilines is 1. The third-order valence-corrected chi connectivity index (χ3v) is 4.86. The first-order chi connectivity index (χ1) is 13.9. The SMILES string of the molecule is CN(C)C(CNc1nc(CC(O)c2cnn(C)c2)cc(=O)[nH]1)Cc1ccccc1. The fraction of sp³-hybridized carbons (Fsp3) is 0.381. The highest BCUT2D eigenvalue weighted by atomic mass is 16.3. The molecule has 2 unspecified atom stereocenters. The van der Waals surface area contributed by atoms with Gasteiger partial charge in [0.1, 0.15) is 0 Å². The molecule has 3 aromatic rings. The van der Waals surface area contributed by atoms with Gasteiger partial charge in [0.05, 0.1) is 18.0 Å². The van der Waals surface area contributed by atoms with Crippen molar-refractivity contribution in [1.82, 2.24) is 24.6 Å². The molecule has 0 fully saturated rings. The van der Waals surface area contributed by atoms with E-state index in [0.29, 0.717) is 23.8 Å². The summed E-state index contributed by atoms with van der Waals surface area (Å²) >= 11 is 0. The van der Waals surface area contributed by atoms with Gasteiger partial charge in [-0.05, 0) is 26.1 Å². The summed E-state index contributed by atoms with van der Waals surface area (Å²) < 4.78 is 1.63. The maximum atomic E-state index is 12.1. The highest BCUT2D eigenvalue weighted by molar-refractivity contribution is 5.27. The van der Waals surface area contributed by atoms with E-state index in [-0.39, 0.29) is 18.0 Å². The Morgan fingerprint density at radius 2 is 2.00 bits per heavy atom. The molecule has 8 heteroatoms. The molecule has 2 aromatic heterocycles. The van der Waals surface area contributed by atoms with Gasteiger partial charge in [-0.25, -0.2) is 4.98 Å². The number of hydrogen-bond acceptors (Lipinski definition) is 6. The lowest BCUT2D eigenvalue weighted by Crippen LogP contribution is -2.37. The molecule has 154 valence electrons. The fourth-order valence-electron chi connectivity index (χ4n) is 3.16. The van der Waals surface area contributed by atoms with Gasteiger partial charge in [0, 0.05) is 43.9 Å². The van der Waals surface area contributed by atoms with E-state index < -0.39 is 6.10 Å². The molecule has 0 bridgehead atoms. The predicted octanol–water partition coefficient (Wildman–Crippen LogP) is 1.36. The van der Waals surface area contributed by atoms with Crippen molar-refractivity contribution in [1.29, 1.82) is 0 Å². The van der Waals surface area contributed by atoms with Gasteiger partial charge in [-0.15, -0.1) is 0 Å². The second-order valence-electron chi connectivity index (χ2n) is 7.44. The van der Waals surface area contributed by atoms with Crippen LogP contribution in [0.2, 0.25) is 0 Å². The van der Waals surface area contributed by atoms with Gasteiger partial charge in [-0.1, -0.05) is 30.3 Å². The van der Waals surface area contributed by atoms with Gasteiger partial charge in [0.15, 0.2) is 0 Å². The van der Waals surface area contributed by atoms with Crippen LogP contribution in [-0.4, -0.2) is 56.4 Å². The first-order valence-electron chi connectivity index (χ1n) is 9.62. The van der Waals surface area contributed by atoms with E-state index in [0.717, 1.165) is 6.42 Å². The number of benzene rings is 1. The zero-order valence-electron chi connectivity index (χ0n) is 17.0. The van der Waals surface area contributed by atoms with E-state index >= 15 is 0 Å². The molecule has 8 nitrogen and oxygen atoms in total. The summed E-state index contributed by atoms with van der Waals surface area (Å²) in [5.41, 5.74) is 2.22. The van der Waals surface area contributed by atoms with Crippen LogP contribution >= 0.6 is 0 Å². The molecule has 1 aromatic carbocycles. The monoisotopic (exact) mass is 396 g/mol. The quantitative estimate of drug-likeness (QED) is 0.505. The topological polar surface area (TPSA) is 99.1 Å². The van der Waals surface area contributed by atoms with Crippen molar-refractivity contribution in [3.8, 4) is 0 Å². The minimum atomic E-state index is -0.765. The van der Waals surface area contributed by atoms with Crippen LogP contribution < -0.4 is 10.9 Å². The summed E-state index contributed by atoms with van der Waals surface area (Å²) in [5, 5.41) is 17.7. The Labute approximate surface area is 170 Å². The molecular formula is C21H28N6O2. The van der Waals surface area contributed by atoms with Crippen LogP contribution in [0.3, 0.4) is 0 Å². The Balaban J connectivity index is 1.66. The Morgan fingerprint density at radius 1 is 1.24 bits per heavy atom. The average Bonchev–Trinajstić information content (AvgIpc) is 3.12. The lowest BCUT2D eigenvalue weighted by atomic mass is 10.1. The summed E-state index contributed by atoms with van der Waals surface area (Å²) in [6.07, 6.45) is 3.72. The van der Waals surface area contributed by atoms with Crippen LogP contribution in [0.15, 0.2) is 53.6 Å². The number of aliphatic hydroxyl groups excluding tert-OH is 1. The van der Waals surface area contributed by atoms with Crippen molar-refractivity contribution in [2.75, 3.05) is 26.0 Å². The van der Waals surface area contributed by atoms with Crippen LogP contribution in [-0.2, 0) is 19.9 Å².